The summed E-state index contributed by atoms with van der Waals surface area (Å²) in [6.45, 7) is 2.85. The van der Waals surface area contributed by atoms with Gasteiger partial charge in [0.15, 0.2) is 5.16 Å². The molecule has 0 amide bonds. The lowest BCUT2D eigenvalue weighted by atomic mass is 10.0. The van der Waals surface area contributed by atoms with Gasteiger partial charge in [-0.3, -0.25) is 4.79 Å². The van der Waals surface area contributed by atoms with Gasteiger partial charge >= 0.3 is 0 Å². The van der Waals surface area contributed by atoms with E-state index in [9.17, 15) is 4.79 Å². The number of benzene rings is 3. The highest BCUT2D eigenvalue weighted by molar-refractivity contribution is 7.99. The Bertz CT molecular complexity index is 1200. The predicted octanol–water partition coefficient (Wildman–Crippen LogP) is 5.79. The molecule has 0 aliphatic rings. The average Bonchev–Trinajstić information content (AvgIpc) is 3.18. The minimum Gasteiger partial charge on any atom is -0.306 e. The van der Waals surface area contributed by atoms with Gasteiger partial charge < -0.3 is 4.57 Å². The van der Waals surface area contributed by atoms with E-state index in [1.165, 1.54) is 17.3 Å². The van der Waals surface area contributed by atoms with Crippen LogP contribution < -0.4 is 0 Å². The smallest absolute Gasteiger partial charge is 0.191 e. The fourth-order valence-corrected chi connectivity index (χ4v) is 4.83. The monoisotopic (exact) mass is 449 g/mol. The molecule has 0 N–H and O–H groups in total. The van der Waals surface area contributed by atoms with E-state index < -0.39 is 0 Å². The Kier molecular flexibility index (Phi) is 7.05. The lowest BCUT2D eigenvalue weighted by Gasteiger charge is -2.08. The van der Waals surface area contributed by atoms with Crippen molar-refractivity contribution in [3.05, 3.63) is 88.7 Å². The van der Waals surface area contributed by atoms with E-state index in [0.29, 0.717) is 12.2 Å². The van der Waals surface area contributed by atoms with Gasteiger partial charge in [-0.15, -0.1) is 10.2 Å². The quantitative estimate of drug-likeness (QED) is 0.303. The zero-order valence-electron chi connectivity index (χ0n) is 17.4. The molecule has 0 aliphatic carbocycles. The van der Waals surface area contributed by atoms with Crippen LogP contribution in [0.3, 0.4) is 0 Å². The molecule has 158 valence electrons. The summed E-state index contributed by atoms with van der Waals surface area (Å²) < 4.78 is 2.10. The van der Waals surface area contributed by atoms with Crippen LogP contribution in [0, 0.1) is 0 Å². The third kappa shape index (κ3) is 5.35. The fraction of sp³-hybridized carbons (Fsp3) is 0.240. The molecule has 1 heterocycles. The Morgan fingerprint density at radius 3 is 2.65 bits per heavy atom. The normalized spacial score (nSPS) is 11.2. The highest BCUT2D eigenvalue weighted by Gasteiger charge is 2.14. The van der Waals surface area contributed by atoms with Gasteiger partial charge in [-0.25, -0.2) is 0 Å². The van der Waals surface area contributed by atoms with Crippen LogP contribution >= 0.6 is 23.4 Å². The first kappa shape index (κ1) is 21.6. The highest BCUT2D eigenvalue weighted by Crippen LogP contribution is 2.22. The summed E-state index contributed by atoms with van der Waals surface area (Å²) in [4.78, 5) is 12.7. The number of thioether (sulfide) groups is 1. The van der Waals surface area contributed by atoms with Crippen LogP contribution in [-0.2, 0) is 30.6 Å². The molecule has 4 aromatic rings. The second-order valence-corrected chi connectivity index (χ2v) is 8.79. The van der Waals surface area contributed by atoms with Crippen molar-refractivity contribution in [1.82, 2.24) is 14.8 Å². The molecule has 3 aromatic carbocycles. The topological polar surface area (TPSA) is 47.8 Å². The third-order valence-corrected chi connectivity index (χ3v) is 6.53. The van der Waals surface area contributed by atoms with Crippen LogP contribution in [0.2, 0.25) is 5.02 Å². The number of halogens is 1. The molecule has 31 heavy (non-hydrogen) atoms. The van der Waals surface area contributed by atoms with E-state index in [2.05, 4.69) is 46.0 Å². The SMILES string of the molecule is CCn1c(CCc2cccc(Cl)c2)nnc1SCC(=O)Cc1cccc2ccccc12. The van der Waals surface area contributed by atoms with Crippen LogP contribution in [0.4, 0.5) is 0 Å². The van der Waals surface area contributed by atoms with Crippen molar-refractivity contribution in [3.8, 4) is 0 Å². The summed E-state index contributed by atoms with van der Waals surface area (Å²) in [5, 5.41) is 12.6. The van der Waals surface area contributed by atoms with Crippen LogP contribution in [0.25, 0.3) is 10.8 Å². The molecular formula is C25H24ClN3OS. The molecule has 0 fully saturated rings. The predicted molar refractivity (Wildman–Crippen MR) is 128 cm³/mol. The second kappa shape index (κ2) is 10.1. The first-order valence-corrected chi connectivity index (χ1v) is 11.8. The van der Waals surface area contributed by atoms with Gasteiger partial charge in [0, 0.05) is 24.4 Å². The zero-order valence-corrected chi connectivity index (χ0v) is 19.0. The van der Waals surface area contributed by atoms with E-state index >= 15 is 0 Å². The molecule has 4 nitrogen and oxygen atoms in total. The lowest BCUT2D eigenvalue weighted by Crippen LogP contribution is -2.09. The van der Waals surface area contributed by atoms with E-state index in [1.54, 1.807) is 0 Å². The summed E-state index contributed by atoms with van der Waals surface area (Å²) in [7, 11) is 0. The van der Waals surface area contributed by atoms with Crippen LogP contribution in [-0.4, -0.2) is 26.3 Å². The van der Waals surface area contributed by atoms with Crippen molar-refractivity contribution >= 4 is 39.9 Å². The number of carbonyl (C=O) groups is 1. The van der Waals surface area contributed by atoms with Crippen molar-refractivity contribution in [3.63, 3.8) is 0 Å². The summed E-state index contributed by atoms with van der Waals surface area (Å²) in [6.07, 6.45) is 2.06. The van der Waals surface area contributed by atoms with E-state index in [0.717, 1.165) is 51.7 Å². The fourth-order valence-electron chi connectivity index (χ4n) is 3.73. The number of nitrogens with zero attached hydrogens (tertiary/aromatic N) is 3. The van der Waals surface area contributed by atoms with E-state index in [-0.39, 0.29) is 5.78 Å². The van der Waals surface area contributed by atoms with Crippen molar-refractivity contribution in [2.24, 2.45) is 0 Å². The third-order valence-electron chi connectivity index (χ3n) is 5.27. The number of Topliss-reactive ketones (excluding diaryl/α,β-unsaturated/α-hetero) is 1. The molecule has 6 heteroatoms. The number of aromatic nitrogens is 3. The molecule has 0 atom stereocenters. The van der Waals surface area contributed by atoms with Crippen LogP contribution in [0.1, 0.15) is 23.9 Å². The van der Waals surface area contributed by atoms with E-state index in [1.807, 2.05) is 42.5 Å². The molecule has 0 saturated heterocycles. The summed E-state index contributed by atoms with van der Waals surface area (Å²) in [5.74, 6) is 1.51. The Labute approximate surface area is 191 Å². The Morgan fingerprint density at radius 2 is 1.81 bits per heavy atom. The zero-order chi connectivity index (χ0) is 21.6. The molecule has 0 bridgehead atoms. The maximum absolute atomic E-state index is 12.7. The Morgan fingerprint density at radius 1 is 1.00 bits per heavy atom. The van der Waals surface area contributed by atoms with Gasteiger partial charge in [-0.05, 0) is 47.4 Å². The number of aryl methyl sites for hydroxylation is 2. The maximum Gasteiger partial charge on any atom is 0.191 e. The number of ketones is 1. The average molecular weight is 450 g/mol. The van der Waals surface area contributed by atoms with Gasteiger partial charge in [0.05, 0.1) is 5.75 Å². The summed E-state index contributed by atoms with van der Waals surface area (Å²) in [6, 6.07) is 22.2. The van der Waals surface area contributed by atoms with Crippen molar-refractivity contribution in [1.29, 1.82) is 0 Å². The number of carbonyl (C=O) groups excluding carboxylic acids is 1. The van der Waals surface area contributed by atoms with Crippen molar-refractivity contribution in [2.75, 3.05) is 5.75 Å². The van der Waals surface area contributed by atoms with Gasteiger partial charge in [0.25, 0.3) is 0 Å². The lowest BCUT2D eigenvalue weighted by molar-refractivity contribution is -0.115. The molecular weight excluding hydrogens is 426 g/mol. The number of hydrogen-bond acceptors (Lipinski definition) is 4. The molecule has 4 rings (SSSR count). The molecule has 1 aromatic heterocycles. The summed E-state index contributed by atoms with van der Waals surface area (Å²) >= 11 is 7.55. The molecule has 0 radical (unpaired) electrons. The minimum atomic E-state index is 0.187. The van der Waals surface area contributed by atoms with Crippen molar-refractivity contribution < 1.29 is 4.79 Å². The molecule has 0 aliphatic heterocycles. The van der Waals surface area contributed by atoms with Gasteiger partial charge in [-0.2, -0.15) is 0 Å². The van der Waals surface area contributed by atoms with Crippen LogP contribution in [0.15, 0.2) is 71.9 Å². The van der Waals surface area contributed by atoms with Gasteiger partial charge in [-0.1, -0.05) is 78.0 Å². The largest absolute Gasteiger partial charge is 0.306 e. The Balaban J connectivity index is 1.38. The number of fused-ring (bicyclic) bond motifs is 1. The maximum atomic E-state index is 12.7. The first-order valence-electron chi connectivity index (χ1n) is 10.4. The minimum absolute atomic E-state index is 0.187. The summed E-state index contributed by atoms with van der Waals surface area (Å²) in [5.41, 5.74) is 2.25. The molecule has 0 saturated carbocycles. The Hall–Kier alpha value is -2.63. The van der Waals surface area contributed by atoms with E-state index in [4.69, 9.17) is 11.6 Å². The highest BCUT2D eigenvalue weighted by atomic mass is 35.5. The van der Waals surface area contributed by atoms with Gasteiger partial charge in [0.1, 0.15) is 11.6 Å². The number of hydrogen-bond donors (Lipinski definition) is 0. The standard InChI is InChI=1S/C25H24ClN3OS/c1-2-29-24(14-13-18-7-5-11-21(26)15-18)27-28-25(29)31-17-22(30)16-20-10-6-9-19-8-3-4-12-23(19)20/h3-12,15H,2,13-14,16-17H2,1H3. The van der Waals surface area contributed by atoms with Crippen LogP contribution in [0.5, 0.6) is 0 Å². The second-order valence-electron chi connectivity index (χ2n) is 7.42. The number of rotatable bonds is 9. The molecule has 0 spiro atoms. The van der Waals surface area contributed by atoms with Gasteiger partial charge in [0.2, 0.25) is 0 Å². The first-order chi connectivity index (χ1) is 15.1. The van der Waals surface area contributed by atoms with Crippen molar-refractivity contribution in [2.45, 2.75) is 37.9 Å². The molecule has 0 unspecified atom stereocenters.